The highest BCUT2D eigenvalue weighted by Gasteiger charge is 2.34. The first-order valence-electron chi connectivity index (χ1n) is 10.2. The predicted octanol–water partition coefficient (Wildman–Crippen LogP) is 3.99. The van der Waals surface area contributed by atoms with Gasteiger partial charge in [-0.25, -0.2) is 0 Å². The molecule has 2 fully saturated rings. The quantitative estimate of drug-likeness (QED) is 0.712. The Morgan fingerprint density at radius 2 is 1.20 bits per heavy atom. The Morgan fingerprint density at radius 1 is 0.760 bits per heavy atom. The molecule has 0 saturated carbocycles. The van der Waals surface area contributed by atoms with Crippen molar-refractivity contribution in [3.8, 4) is 0 Å². The van der Waals surface area contributed by atoms with Crippen LogP contribution in [0.5, 0.6) is 0 Å². The van der Waals surface area contributed by atoms with Gasteiger partial charge in [0.05, 0.1) is 0 Å². The molecule has 25 heavy (non-hydrogen) atoms. The Kier molecular flexibility index (Phi) is 4.96. The van der Waals surface area contributed by atoms with Crippen molar-refractivity contribution in [3.63, 3.8) is 0 Å². The van der Waals surface area contributed by atoms with Gasteiger partial charge in [0.15, 0.2) is 0 Å². The molecule has 0 N–H and O–H groups in total. The molecule has 4 nitrogen and oxygen atoms in total. The van der Waals surface area contributed by atoms with E-state index in [2.05, 4.69) is 12.2 Å². The molecule has 0 spiro atoms. The first-order chi connectivity index (χ1) is 12.2. The van der Waals surface area contributed by atoms with E-state index in [0.717, 1.165) is 38.8 Å². The average molecular weight is 342 g/mol. The zero-order valence-corrected chi connectivity index (χ0v) is 15.2. The van der Waals surface area contributed by atoms with E-state index in [4.69, 9.17) is 0 Å². The van der Waals surface area contributed by atoms with Gasteiger partial charge < -0.3 is 9.80 Å². The maximum atomic E-state index is 12.9. The molecule has 2 aliphatic heterocycles. The summed E-state index contributed by atoms with van der Waals surface area (Å²) in [5.74, 6) is 1.12. The molecule has 4 aliphatic rings. The van der Waals surface area contributed by atoms with Crippen LogP contribution in [0.1, 0.15) is 70.6 Å². The Hall–Kier alpha value is -1.58. The van der Waals surface area contributed by atoms with Crippen LogP contribution in [-0.4, -0.2) is 34.7 Å². The van der Waals surface area contributed by atoms with Gasteiger partial charge in [-0.05, 0) is 76.0 Å². The molecule has 0 aromatic heterocycles. The van der Waals surface area contributed by atoms with Crippen LogP contribution in [0.15, 0.2) is 23.5 Å². The number of rotatable bonds is 2. The van der Waals surface area contributed by atoms with Crippen molar-refractivity contribution in [2.24, 2.45) is 11.8 Å². The average Bonchev–Trinajstić information content (AvgIpc) is 2.67. The number of carbonyl (C=O) groups excluding carboxylic acids is 2. The fourth-order valence-electron chi connectivity index (χ4n) is 5.21. The molecule has 0 radical (unpaired) electrons. The minimum atomic E-state index is 0.0152. The van der Waals surface area contributed by atoms with E-state index in [-0.39, 0.29) is 18.2 Å². The summed E-state index contributed by atoms with van der Waals surface area (Å²) in [5.41, 5.74) is 2.42. The molecular formula is C21H30N2O2. The number of fused-ring (bicyclic) bond motifs is 2. The highest BCUT2D eigenvalue weighted by molar-refractivity contribution is 5.98. The van der Waals surface area contributed by atoms with E-state index in [1.165, 1.54) is 49.9 Å². The number of carbonyl (C=O) groups is 2. The first-order valence-corrected chi connectivity index (χ1v) is 10.2. The zero-order chi connectivity index (χ0) is 17.2. The molecule has 136 valence electrons. The Balaban J connectivity index is 1.44. The number of nitrogens with zero attached hydrogens (tertiary/aromatic N) is 2. The van der Waals surface area contributed by atoms with Gasteiger partial charge >= 0.3 is 0 Å². The lowest BCUT2D eigenvalue weighted by molar-refractivity contribution is -0.140. The van der Waals surface area contributed by atoms with Crippen molar-refractivity contribution in [3.05, 3.63) is 23.5 Å². The van der Waals surface area contributed by atoms with Crippen LogP contribution in [0, 0.1) is 11.8 Å². The zero-order valence-electron chi connectivity index (χ0n) is 15.2. The number of piperidine rings is 2. The molecule has 2 heterocycles. The molecular weight excluding hydrogens is 312 g/mol. The van der Waals surface area contributed by atoms with Crippen LogP contribution in [0.25, 0.3) is 0 Å². The Morgan fingerprint density at radius 3 is 1.68 bits per heavy atom. The molecule has 2 aliphatic carbocycles. The lowest BCUT2D eigenvalue weighted by atomic mass is 9.84. The predicted molar refractivity (Wildman–Crippen MR) is 97.4 cm³/mol. The monoisotopic (exact) mass is 342 g/mol. The first kappa shape index (κ1) is 16.9. The lowest BCUT2D eigenvalue weighted by Crippen LogP contribution is -2.44. The van der Waals surface area contributed by atoms with Crippen LogP contribution in [0.3, 0.4) is 0 Å². The van der Waals surface area contributed by atoms with E-state index in [0.29, 0.717) is 11.8 Å². The van der Waals surface area contributed by atoms with Gasteiger partial charge in [-0.3, -0.25) is 9.59 Å². The summed E-state index contributed by atoms with van der Waals surface area (Å²) >= 11 is 0. The van der Waals surface area contributed by atoms with Crippen molar-refractivity contribution in [2.75, 3.05) is 13.1 Å². The minimum absolute atomic E-state index is 0.0152. The smallest absolute Gasteiger partial charge is 0.236 e. The van der Waals surface area contributed by atoms with Gasteiger partial charge in [-0.1, -0.05) is 12.2 Å². The van der Waals surface area contributed by atoms with Gasteiger partial charge in [0.2, 0.25) is 11.8 Å². The Bertz CT molecular complexity index is 555. The van der Waals surface area contributed by atoms with E-state index < -0.39 is 0 Å². The number of amides is 2. The third kappa shape index (κ3) is 3.40. The van der Waals surface area contributed by atoms with Crippen LogP contribution in [0.4, 0.5) is 0 Å². The third-order valence-corrected chi connectivity index (χ3v) is 6.45. The molecule has 0 aromatic carbocycles. The van der Waals surface area contributed by atoms with Crippen LogP contribution < -0.4 is 0 Å². The largest absolute Gasteiger partial charge is 0.316 e. The minimum Gasteiger partial charge on any atom is -0.316 e. The second-order valence-electron chi connectivity index (χ2n) is 8.07. The standard InChI is InChI=1S/C21H30N2O2/c24-20(22-13-5-9-16-7-1-3-11-18(16)22)15-21(25)23-14-6-10-17-8-2-4-12-19(17)23/h11-12,16-17H,1-10,13-15H2. The lowest BCUT2D eigenvalue weighted by Gasteiger charge is -2.40. The van der Waals surface area contributed by atoms with Crippen molar-refractivity contribution in [1.82, 2.24) is 9.80 Å². The summed E-state index contributed by atoms with van der Waals surface area (Å²) in [5, 5.41) is 0. The molecule has 0 aromatic rings. The summed E-state index contributed by atoms with van der Waals surface area (Å²) < 4.78 is 0. The second kappa shape index (κ2) is 7.35. The van der Waals surface area contributed by atoms with Crippen molar-refractivity contribution in [2.45, 2.75) is 70.6 Å². The van der Waals surface area contributed by atoms with E-state index in [1.807, 2.05) is 9.80 Å². The van der Waals surface area contributed by atoms with Crippen molar-refractivity contribution >= 4 is 11.8 Å². The highest BCUT2D eigenvalue weighted by Crippen LogP contribution is 2.37. The van der Waals surface area contributed by atoms with Gasteiger partial charge in [-0.2, -0.15) is 0 Å². The molecule has 4 heteroatoms. The number of hydrogen-bond acceptors (Lipinski definition) is 2. The third-order valence-electron chi connectivity index (χ3n) is 6.45. The van der Waals surface area contributed by atoms with Gasteiger partial charge in [0.25, 0.3) is 0 Å². The molecule has 2 unspecified atom stereocenters. The van der Waals surface area contributed by atoms with Crippen LogP contribution in [-0.2, 0) is 9.59 Å². The van der Waals surface area contributed by atoms with Crippen LogP contribution >= 0.6 is 0 Å². The molecule has 2 saturated heterocycles. The van der Waals surface area contributed by atoms with Gasteiger partial charge in [-0.15, -0.1) is 0 Å². The maximum absolute atomic E-state index is 12.9. The van der Waals surface area contributed by atoms with Crippen molar-refractivity contribution in [1.29, 1.82) is 0 Å². The number of likely N-dealkylation sites (tertiary alicyclic amines) is 2. The summed E-state index contributed by atoms with van der Waals surface area (Å²) in [6.45, 7) is 1.58. The van der Waals surface area contributed by atoms with Crippen LogP contribution in [0.2, 0.25) is 0 Å². The fourth-order valence-corrected chi connectivity index (χ4v) is 5.21. The van der Waals surface area contributed by atoms with Gasteiger partial charge in [0, 0.05) is 24.5 Å². The summed E-state index contributed by atoms with van der Waals surface area (Å²) in [6.07, 6.45) is 16.1. The number of allylic oxidation sites excluding steroid dienone is 4. The normalized spacial score (nSPS) is 29.3. The second-order valence-corrected chi connectivity index (χ2v) is 8.07. The van der Waals surface area contributed by atoms with Crippen molar-refractivity contribution < 1.29 is 9.59 Å². The molecule has 4 rings (SSSR count). The van der Waals surface area contributed by atoms with E-state index >= 15 is 0 Å². The van der Waals surface area contributed by atoms with Gasteiger partial charge in [0.1, 0.15) is 6.42 Å². The molecule has 0 bridgehead atoms. The Labute approximate surface area is 150 Å². The van der Waals surface area contributed by atoms with E-state index in [1.54, 1.807) is 0 Å². The highest BCUT2D eigenvalue weighted by atomic mass is 16.2. The SMILES string of the molecule is O=C(CC(=O)N1CCCC2CCCC=C21)N1CCCC2CCCC=C21. The maximum Gasteiger partial charge on any atom is 0.236 e. The number of hydrogen-bond donors (Lipinski definition) is 0. The van der Waals surface area contributed by atoms with E-state index in [9.17, 15) is 9.59 Å². The molecule has 2 amide bonds. The topological polar surface area (TPSA) is 40.6 Å². The summed E-state index contributed by atoms with van der Waals surface area (Å²) in [4.78, 5) is 29.6. The summed E-state index contributed by atoms with van der Waals surface area (Å²) in [6, 6.07) is 0. The molecule has 2 atom stereocenters. The summed E-state index contributed by atoms with van der Waals surface area (Å²) in [7, 11) is 0. The fraction of sp³-hybridized carbons (Fsp3) is 0.714.